The predicted octanol–water partition coefficient (Wildman–Crippen LogP) is 0.601. The molecule has 0 spiro atoms. The third-order valence-corrected chi connectivity index (χ3v) is 6.33. The van der Waals surface area contributed by atoms with Gasteiger partial charge in [-0.1, -0.05) is 6.07 Å². The van der Waals surface area contributed by atoms with E-state index in [1.807, 2.05) is 0 Å². The number of halogens is 1. The number of hydrogen-bond donors (Lipinski definition) is 2. The highest BCUT2D eigenvalue weighted by molar-refractivity contribution is 7.89. The minimum atomic E-state index is -3.84. The number of amides is 1. The minimum absolute atomic E-state index is 0.0870. The fraction of sp³-hybridized carbons (Fsp3) is 0.588. The number of sulfonamides is 1. The quantitative estimate of drug-likeness (QED) is 0.773. The number of hydrogen-bond acceptors (Lipinski definition) is 5. The zero-order valence-corrected chi connectivity index (χ0v) is 15.3. The van der Waals surface area contributed by atoms with E-state index in [0.29, 0.717) is 32.4 Å². The van der Waals surface area contributed by atoms with E-state index in [-0.39, 0.29) is 23.5 Å². The average Bonchev–Trinajstić information content (AvgIpc) is 3.10. The smallest absolute Gasteiger partial charge is 0.251 e. The molecule has 1 aromatic rings. The highest BCUT2D eigenvalue weighted by Crippen LogP contribution is 2.23. The topological polar surface area (TPSA) is 102 Å². The fourth-order valence-electron chi connectivity index (χ4n) is 3.46. The van der Waals surface area contributed by atoms with Crippen molar-refractivity contribution in [2.45, 2.75) is 48.8 Å². The Labute approximate surface area is 152 Å². The van der Waals surface area contributed by atoms with Crippen LogP contribution in [0.15, 0.2) is 29.2 Å². The number of ether oxygens (including phenoxy) is 1. The van der Waals surface area contributed by atoms with Crippen LogP contribution in [-0.4, -0.2) is 57.1 Å². The highest BCUT2D eigenvalue weighted by Gasteiger charge is 2.35. The Balaban J connectivity index is 1.62. The molecule has 0 bridgehead atoms. The number of nitrogens with two attached hydrogens (primary N) is 1. The molecule has 26 heavy (non-hydrogen) atoms. The first-order valence-electron chi connectivity index (χ1n) is 8.81. The largest absolute Gasteiger partial charge is 0.364 e. The van der Waals surface area contributed by atoms with Crippen molar-refractivity contribution >= 4 is 15.9 Å². The first-order chi connectivity index (χ1) is 12.4. The predicted molar refractivity (Wildman–Crippen MR) is 93.3 cm³/mol. The van der Waals surface area contributed by atoms with Crippen molar-refractivity contribution in [2.75, 3.05) is 19.6 Å². The van der Waals surface area contributed by atoms with Gasteiger partial charge in [-0.25, -0.2) is 17.5 Å². The summed E-state index contributed by atoms with van der Waals surface area (Å²) in [5, 5.41) is 0. The summed E-state index contributed by atoms with van der Waals surface area (Å²) in [7, 11) is -3.84. The Morgan fingerprint density at radius 2 is 2.15 bits per heavy atom. The van der Waals surface area contributed by atoms with Gasteiger partial charge in [0.15, 0.2) is 0 Å². The number of carbonyl (C=O) groups excluding carboxylic acids is 1. The number of piperidine rings is 1. The molecule has 2 heterocycles. The molecule has 0 radical (unpaired) electrons. The lowest BCUT2D eigenvalue weighted by molar-refractivity contribution is -0.144. The molecule has 0 saturated carbocycles. The third-order valence-electron chi connectivity index (χ3n) is 4.81. The van der Waals surface area contributed by atoms with Gasteiger partial charge in [-0.05, 0) is 43.9 Å². The molecule has 0 aromatic heterocycles. The van der Waals surface area contributed by atoms with Crippen molar-refractivity contribution in [3.8, 4) is 0 Å². The van der Waals surface area contributed by atoms with Crippen LogP contribution in [0.25, 0.3) is 0 Å². The van der Waals surface area contributed by atoms with Gasteiger partial charge in [0.2, 0.25) is 10.0 Å². The summed E-state index contributed by atoms with van der Waals surface area (Å²) in [4.78, 5) is 14.1. The molecule has 2 saturated heterocycles. The Bertz CT molecular complexity index is 758. The number of likely N-dealkylation sites (tertiary alicyclic amines) is 1. The number of nitrogens with one attached hydrogen (secondary N) is 1. The van der Waals surface area contributed by atoms with Crippen LogP contribution in [0, 0.1) is 5.82 Å². The second-order valence-corrected chi connectivity index (χ2v) is 8.48. The van der Waals surface area contributed by atoms with Gasteiger partial charge in [0.05, 0.1) is 11.0 Å². The molecule has 144 valence electrons. The number of nitrogens with zero attached hydrogens (tertiary/aromatic N) is 1. The average molecular weight is 385 g/mol. The maximum atomic E-state index is 13.3. The zero-order valence-electron chi connectivity index (χ0n) is 14.4. The summed E-state index contributed by atoms with van der Waals surface area (Å²) in [6.07, 6.45) is 2.12. The first-order valence-corrected chi connectivity index (χ1v) is 10.3. The second-order valence-electron chi connectivity index (χ2n) is 6.76. The molecule has 3 rings (SSSR count). The van der Waals surface area contributed by atoms with Gasteiger partial charge in [0.25, 0.3) is 5.91 Å². The van der Waals surface area contributed by atoms with Crippen LogP contribution in [0.1, 0.15) is 25.7 Å². The van der Waals surface area contributed by atoms with Crippen LogP contribution < -0.4 is 10.5 Å². The Hall–Kier alpha value is -1.55. The normalized spacial score (nSPS) is 26.8. The fourth-order valence-corrected chi connectivity index (χ4v) is 4.75. The number of benzene rings is 1. The number of carbonyl (C=O) groups is 1. The van der Waals surface area contributed by atoms with Crippen LogP contribution in [-0.2, 0) is 19.6 Å². The third kappa shape index (κ3) is 4.40. The van der Waals surface area contributed by atoms with E-state index in [0.717, 1.165) is 12.5 Å². The van der Waals surface area contributed by atoms with Crippen LogP contribution in [0.4, 0.5) is 4.39 Å². The second kappa shape index (κ2) is 7.99. The monoisotopic (exact) mass is 385 g/mol. The zero-order chi connectivity index (χ0) is 18.7. The summed E-state index contributed by atoms with van der Waals surface area (Å²) in [5.41, 5.74) is 5.58. The van der Waals surface area contributed by atoms with Crippen molar-refractivity contribution in [1.29, 1.82) is 0 Å². The Kier molecular flexibility index (Phi) is 5.91. The molecule has 3 N–H and O–H groups in total. The highest BCUT2D eigenvalue weighted by atomic mass is 32.2. The summed E-state index contributed by atoms with van der Waals surface area (Å²) < 4.78 is 46.4. The Morgan fingerprint density at radius 3 is 2.85 bits per heavy atom. The van der Waals surface area contributed by atoms with E-state index in [1.54, 1.807) is 4.90 Å². The van der Waals surface area contributed by atoms with Gasteiger partial charge in [0, 0.05) is 25.7 Å². The molecule has 2 aliphatic heterocycles. The van der Waals surface area contributed by atoms with E-state index in [1.165, 1.54) is 18.2 Å². The maximum absolute atomic E-state index is 13.3. The van der Waals surface area contributed by atoms with E-state index >= 15 is 0 Å². The molecule has 2 aliphatic rings. The van der Waals surface area contributed by atoms with Crippen LogP contribution in [0.2, 0.25) is 0 Å². The van der Waals surface area contributed by atoms with Gasteiger partial charge >= 0.3 is 0 Å². The molecular formula is C17H24FN3O4S. The van der Waals surface area contributed by atoms with Crippen LogP contribution in [0.3, 0.4) is 0 Å². The van der Waals surface area contributed by atoms with Crippen molar-refractivity contribution in [2.24, 2.45) is 5.73 Å². The molecule has 1 aromatic carbocycles. The lowest BCUT2D eigenvalue weighted by Gasteiger charge is -2.34. The standard InChI is InChI=1S/C17H24FN3O4S/c18-12-3-1-5-15(9-12)26(23,24)20-13-4-2-8-21(11-13)17(22)16-7-6-14(10-19)25-16/h1,3,5,9,13-14,16,20H,2,4,6-8,10-11,19H2/t13?,14-,16+/m1/s1. The van der Waals surface area contributed by atoms with E-state index in [4.69, 9.17) is 10.5 Å². The molecule has 1 amide bonds. The minimum Gasteiger partial charge on any atom is -0.364 e. The molecule has 3 atom stereocenters. The van der Waals surface area contributed by atoms with Gasteiger partial charge in [-0.15, -0.1) is 0 Å². The van der Waals surface area contributed by atoms with Crippen molar-refractivity contribution in [3.05, 3.63) is 30.1 Å². The van der Waals surface area contributed by atoms with E-state index in [9.17, 15) is 17.6 Å². The van der Waals surface area contributed by atoms with Crippen LogP contribution >= 0.6 is 0 Å². The number of rotatable bonds is 5. The lowest BCUT2D eigenvalue weighted by atomic mass is 10.1. The van der Waals surface area contributed by atoms with E-state index < -0.39 is 28.0 Å². The van der Waals surface area contributed by atoms with Crippen molar-refractivity contribution in [1.82, 2.24) is 9.62 Å². The molecule has 7 nitrogen and oxygen atoms in total. The molecule has 2 fully saturated rings. The molecule has 0 aliphatic carbocycles. The maximum Gasteiger partial charge on any atom is 0.251 e. The van der Waals surface area contributed by atoms with Crippen LogP contribution in [0.5, 0.6) is 0 Å². The van der Waals surface area contributed by atoms with Gasteiger partial charge < -0.3 is 15.4 Å². The van der Waals surface area contributed by atoms with Crippen molar-refractivity contribution < 1.29 is 22.3 Å². The van der Waals surface area contributed by atoms with Gasteiger partial charge in [-0.2, -0.15) is 0 Å². The molecule has 9 heteroatoms. The summed E-state index contributed by atoms with van der Waals surface area (Å²) in [6, 6.07) is 4.46. The molecular weight excluding hydrogens is 361 g/mol. The van der Waals surface area contributed by atoms with E-state index in [2.05, 4.69) is 4.72 Å². The SMILES string of the molecule is NC[C@H]1CC[C@@H](C(=O)N2CCCC(NS(=O)(=O)c3cccc(F)c3)C2)O1. The van der Waals surface area contributed by atoms with Gasteiger partial charge in [0.1, 0.15) is 11.9 Å². The van der Waals surface area contributed by atoms with Gasteiger partial charge in [-0.3, -0.25) is 4.79 Å². The summed E-state index contributed by atoms with van der Waals surface area (Å²) in [6.45, 7) is 1.24. The van der Waals surface area contributed by atoms with Crippen molar-refractivity contribution in [3.63, 3.8) is 0 Å². The summed E-state index contributed by atoms with van der Waals surface area (Å²) in [5.74, 6) is -0.725. The summed E-state index contributed by atoms with van der Waals surface area (Å²) >= 11 is 0. The lowest BCUT2D eigenvalue weighted by Crippen LogP contribution is -2.52. The molecule has 1 unspecified atom stereocenters. The Morgan fingerprint density at radius 1 is 1.35 bits per heavy atom. The first kappa shape index (κ1) is 19.2.